The molecule has 0 aliphatic carbocycles. The molecule has 0 bridgehead atoms. The molecular formula is C15H18FN3S. The monoisotopic (exact) mass is 291 g/mol. The van der Waals surface area contributed by atoms with Crippen LogP contribution in [-0.2, 0) is 0 Å². The molecule has 0 amide bonds. The van der Waals surface area contributed by atoms with Crippen LogP contribution < -0.4 is 5.32 Å². The fraction of sp³-hybridized carbons (Fsp3) is 0.400. The second-order valence-corrected chi connectivity index (χ2v) is 6.24. The van der Waals surface area contributed by atoms with Crippen molar-refractivity contribution in [2.45, 2.75) is 24.3 Å². The summed E-state index contributed by atoms with van der Waals surface area (Å²) in [5, 5.41) is 5.28. The Morgan fingerprint density at radius 2 is 2.30 bits per heavy atom. The highest BCUT2D eigenvalue weighted by molar-refractivity contribution is 7.97. The summed E-state index contributed by atoms with van der Waals surface area (Å²) in [6, 6.07) is 5.81. The van der Waals surface area contributed by atoms with Crippen molar-refractivity contribution in [1.29, 1.82) is 0 Å². The minimum Gasteiger partial charge on any atom is -0.315 e. The topological polar surface area (TPSA) is 28.2 Å². The van der Waals surface area contributed by atoms with Gasteiger partial charge in [0, 0.05) is 36.9 Å². The van der Waals surface area contributed by atoms with Crippen LogP contribution in [0.25, 0.3) is 10.8 Å². The molecule has 0 spiro atoms. The lowest BCUT2D eigenvalue weighted by Crippen LogP contribution is -2.32. The van der Waals surface area contributed by atoms with Crippen LogP contribution in [0.1, 0.15) is 13.3 Å². The third-order valence-electron chi connectivity index (χ3n) is 3.57. The van der Waals surface area contributed by atoms with E-state index in [1.807, 2.05) is 12.1 Å². The highest BCUT2D eigenvalue weighted by atomic mass is 32.2. The van der Waals surface area contributed by atoms with E-state index in [0.717, 1.165) is 36.8 Å². The average molecular weight is 291 g/mol. The second kappa shape index (κ2) is 6.08. The van der Waals surface area contributed by atoms with Crippen LogP contribution in [0.15, 0.2) is 35.5 Å². The molecule has 1 fully saturated rings. The summed E-state index contributed by atoms with van der Waals surface area (Å²) in [5.41, 5.74) is 0. The molecule has 1 saturated heterocycles. The first kappa shape index (κ1) is 13.8. The molecule has 106 valence electrons. The number of aromatic nitrogens is 1. The Kier molecular flexibility index (Phi) is 4.19. The largest absolute Gasteiger partial charge is 0.315 e. The van der Waals surface area contributed by atoms with E-state index in [1.54, 1.807) is 18.5 Å². The molecule has 1 N–H and O–H groups in total. The Balaban J connectivity index is 1.87. The molecule has 2 aromatic rings. The quantitative estimate of drug-likeness (QED) is 0.861. The zero-order valence-corrected chi connectivity index (χ0v) is 12.3. The Labute approximate surface area is 122 Å². The molecule has 1 aromatic carbocycles. The maximum Gasteiger partial charge on any atom is 0.138 e. The zero-order chi connectivity index (χ0) is 13.9. The Hall–Kier alpha value is -1.17. The number of pyridine rings is 1. The predicted molar refractivity (Wildman–Crippen MR) is 81.2 cm³/mol. The molecule has 1 atom stereocenters. The summed E-state index contributed by atoms with van der Waals surface area (Å²) in [4.78, 5) is 4.72. The van der Waals surface area contributed by atoms with Gasteiger partial charge in [-0.15, -0.1) is 0 Å². The van der Waals surface area contributed by atoms with Gasteiger partial charge in [0.2, 0.25) is 0 Å². The molecule has 1 aromatic heterocycles. The fourth-order valence-corrected chi connectivity index (χ4v) is 3.47. The average Bonchev–Trinajstić information content (AvgIpc) is 2.65. The number of nitrogens with one attached hydrogen (secondary N) is 1. The van der Waals surface area contributed by atoms with E-state index in [9.17, 15) is 4.39 Å². The van der Waals surface area contributed by atoms with Crippen molar-refractivity contribution in [3.63, 3.8) is 0 Å². The third kappa shape index (κ3) is 2.95. The van der Waals surface area contributed by atoms with Gasteiger partial charge in [-0.05, 0) is 55.4 Å². The number of rotatable bonds is 2. The van der Waals surface area contributed by atoms with Gasteiger partial charge in [-0.1, -0.05) is 0 Å². The first-order valence-electron chi connectivity index (χ1n) is 6.92. The highest BCUT2D eigenvalue weighted by Crippen LogP contribution is 2.31. The van der Waals surface area contributed by atoms with Crippen LogP contribution in [-0.4, -0.2) is 35.0 Å². The van der Waals surface area contributed by atoms with Crippen LogP contribution >= 0.6 is 11.9 Å². The van der Waals surface area contributed by atoms with Crippen molar-refractivity contribution in [2.75, 3.05) is 19.6 Å². The molecule has 1 aliphatic rings. The molecule has 0 radical (unpaired) electrons. The standard InChI is InChI=1S/C15H18FN3S/c1-11-9-17-4-2-6-19(11)20-15-8-12-3-5-18-10-13(12)7-14(15)16/h3,5,7-8,10-11,17H,2,4,6,9H2,1H3/t11-/m1/s1. The summed E-state index contributed by atoms with van der Waals surface area (Å²) in [7, 11) is 0. The number of hydrogen-bond donors (Lipinski definition) is 1. The van der Waals surface area contributed by atoms with Gasteiger partial charge in [-0.2, -0.15) is 0 Å². The Morgan fingerprint density at radius 3 is 3.20 bits per heavy atom. The minimum atomic E-state index is -0.167. The maximum absolute atomic E-state index is 14.2. The van der Waals surface area contributed by atoms with E-state index in [1.165, 1.54) is 11.9 Å². The zero-order valence-electron chi connectivity index (χ0n) is 11.5. The molecule has 2 heterocycles. The van der Waals surface area contributed by atoms with Crippen molar-refractivity contribution in [2.24, 2.45) is 0 Å². The summed E-state index contributed by atoms with van der Waals surface area (Å²) < 4.78 is 16.5. The summed E-state index contributed by atoms with van der Waals surface area (Å²) in [6.45, 7) is 5.14. The lowest BCUT2D eigenvalue weighted by atomic mass is 10.2. The van der Waals surface area contributed by atoms with E-state index in [4.69, 9.17) is 0 Å². The minimum absolute atomic E-state index is 0.167. The number of benzene rings is 1. The lowest BCUT2D eigenvalue weighted by Gasteiger charge is -2.25. The second-order valence-electron chi connectivity index (χ2n) is 5.14. The first-order chi connectivity index (χ1) is 9.74. The van der Waals surface area contributed by atoms with Gasteiger partial charge in [0.05, 0.1) is 4.90 Å². The van der Waals surface area contributed by atoms with Gasteiger partial charge in [-0.25, -0.2) is 8.70 Å². The van der Waals surface area contributed by atoms with E-state index in [-0.39, 0.29) is 5.82 Å². The van der Waals surface area contributed by atoms with E-state index >= 15 is 0 Å². The van der Waals surface area contributed by atoms with Gasteiger partial charge in [-0.3, -0.25) is 4.98 Å². The van der Waals surface area contributed by atoms with Crippen molar-refractivity contribution in [3.8, 4) is 0 Å². The van der Waals surface area contributed by atoms with E-state index < -0.39 is 0 Å². The number of nitrogens with zero attached hydrogens (tertiary/aromatic N) is 2. The van der Waals surface area contributed by atoms with Crippen molar-refractivity contribution >= 4 is 22.7 Å². The normalized spacial score (nSPS) is 21.0. The third-order valence-corrected chi connectivity index (χ3v) is 4.86. The predicted octanol–water partition coefficient (Wildman–Crippen LogP) is 3.06. The van der Waals surface area contributed by atoms with Gasteiger partial charge in [0.15, 0.2) is 0 Å². The fourth-order valence-electron chi connectivity index (χ4n) is 2.41. The van der Waals surface area contributed by atoms with Crippen LogP contribution in [0.4, 0.5) is 4.39 Å². The first-order valence-corrected chi connectivity index (χ1v) is 7.70. The van der Waals surface area contributed by atoms with Crippen LogP contribution in [0.3, 0.4) is 0 Å². The molecule has 5 heteroatoms. The number of halogens is 1. The van der Waals surface area contributed by atoms with Crippen molar-refractivity contribution in [1.82, 2.24) is 14.6 Å². The van der Waals surface area contributed by atoms with Gasteiger partial charge < -0.3 is 5.32 Å². The number of hydrogen-bond acceptors (Lipinski definition) is 4. The van der Waals surface area contributed by atoms with Gasteiger partial charge >= 0.3 is 0 Å². The van der Waals surface area contributed by atoms with Crippen LogP contribution in [0, 0.1) is 5.82 Å². The van der Waals surface area contributed by atoms with Gasteiger partial charge in [0.25, 0.3) is 0 Å². The molecular weight excluding hydrogens is 273 g/mol. The van der Waals surface area contributed by atoms with Crippen LogP contribution in [0.2, 0.25) is 0 Å². The molecule has 3 nitrogen and oxygen atoms in total. The Bertz CT molecular complexity index is 605. The maximum atomic E-state index is 14.2. The van der Waals surface area contributed by atoms with Gasteiger partial charge in [0.1, 0.15) is 5.82 Å². The highest BCUT2D eigenvalue weighted by Gasteiger charge is 2.19. The summed E-state index contributed by atoms with van der Waals surface area (Å²) in [6.07, 6.45) is 4.54. The summed E-state index contributed by atoms with van der Waals surface area (Å²) in [5.74, 6) is -0.167. The summed E-state index contributed by atoms with van der Waals surface area (Å²) >= 11 is 1.53. The molecule has 0 saturated carbocycles. The number of fused-ring (bicyclic) bond motifs is 1. The molecule has 20 heavy (non-hydrogen) atoms. The van der Waals surface area contributed by atoms with Crippen molar-refractivity contribution in [3.05, 3.63) is 36.4 Å². The van der Waals surface area contributed by atoms with Crippen molar-refractivity contribution < 1.29 is 4.39 Å². The smallest absolute Gasteiger partial charge is 0.138 e. The molecule has 3 rings (SSSR count). The molecule has 0 unspecified atom stereocenters. The SMILES string of the molecule is C[C@@H]1CNCCCN1Sc1cc2ccncc2cc1F. The lowest BCUT2D eigenvalue weighted by molar-refractivity contribution is 0.393. The molecule has 1 aliphatic heterocycles. The van der Waals surface area contributed by atoms with E-state index in [2.05, 4.69) is 21.5 Å². The van der Waals surface area contributed by atoms with Crippen LogP contribution in [0.5, 0.6) is 0 Å². The van der Waals surface area contributed by atoms with E-state index in [0.29, 0.717) is 10.9 Å². The Morgan fingerprint density at radius 1 is 1.40 bits per heavy atom.